The van der Waals surface area contributed by atoms with Crippen LogP contribution in [-0.4, -0.2) is 84.9 Å². The van der Waals surface area contributed by atoms with Crippen LogP contribution >= 0.6 is 11.3 Å². The van der Waals surface area contributed by atoms with E-state index in [9.17, 15) is 14.4 Å². The van der Waals surface area contributed by atoms with Gasteiger partial charge in [-0.3, -0.25) is 14.4 Å². The number of thiophene rings is 1. The molecule has 28 heavy (non-hydrogen) atoms. The minimum Gasteiger partial charge on any atom is -0.378 e. The number of hydrogen-bond donors (Lipinski definition) is 0. The predicted molar refractivity (Wildman–Crippen MR) is 108 cm³/mol. The first-order valence-electron chi connectivity index (χ1n) is 10.1. The summed E-state index contributed by atoms with van der Waals surface area (Å²) in [6, 6.07) is 2.03. The van der Waals surface area contributed by atoms with Crippen molar-refractivity contribution in [3.05, 3.63) is 21.4 Å². The average Bonchev–Trinajstić information content (AvgIpc) is 3.16. The van der Waals surface area contributed by atoms with E-state index in [-0.39, 0.29) is 5.91 Å². The van der Waals surface area contributed by atoms with E-state index in [4.69, 9.17) is 4.74 Å². The number of aryl methyl sites for hydroxylation is 2. The Bertz CT molecular complexity index is 719. The van der Waals surface area contributed by atoms with E-state index in [2.05, 4.69) is 13.8 Å². The van der Waals surface area contributed by atoms with Crippen LogP contribution in [0, 0.1) is 0 Å². The summed E-state index contributed by atoms with van der Waals surface area (Å²) in [5.41, 5.74) is 1.26. The molecule has 0 radical (unpaired) electrons. The van der Waals surface area contributed by atoms with E-state index in [0.29, 0.717) is 52.5 Å². The maximum Gasteiger partial charge on any atom is 0.312 e. The molecule has 0 atom stereocenters. The summed E-state index contributed by atoms with van der Waals surface area (Å²) in [6.07, 6.45) is 3.01. The van der Waals surface area contributed by atoms with Crippen molar-refractivity contribution < 1.29 is 19.1 Å². The van der Waals surface area contributed by atoms with Gasteiger partial charge in [0.15, 0.2) is 0 Å². The molecule has 0 aliphatic carbocycles. The van der Waals surface area contributed by atoms with Crippen molar-refractivity contribution in [2.45, 2.75) is 33.1 Å². The third-order valence-corrected chi connectivity index (χ3v) is 6.53. The van der Waals surface area contributed by atoms with Crippen LogP contribution in [0.2, 0.25) is 0 Å². The van der Waals surface area contributed by atoms with E-state index in [1.807, 2.05) is 6.07 Å². The van der Waals surface area contributed by atoms with Gasteiger partial charge in [0.25, 0.3) is 5.91 Å². The molecule has 1 aromatic rings. The molecule has 1 aromatic heterocycles. The molecular weight excluding hydrogens is 378 g/mol. The van der Waals surface area contributed by atoms with Crippen LogP contribution in [0.1, 0.15) is 40.4 Å². The smallest absolute Gasteiger partial charge is 0.312 e. The lowest BCUT2D eigenvalue weighted by Gasteiger charge is -2.35. The number of morpholine rings is 1. The first-order chi connectivity index (χ1) is 13.5. The van der Waals surface area contributed by atoms with Crippen LogP contribution in [0.4, 0.5) is 0 Å². The topological polar surface area (TPSA) is 70.2 Å². The lowest BCUT2D eigenvalue weighted by molar-refractivity contribution is -0.154. The first-order valence-corrected chi connectivity index (χ1v) is 10.9. The molecule has 2 fully saturated rings. The molecule has 0 bridgehead atoms. The number of hydrogen-bond acceptors (Lipinski definition) is 5. The zero-order valence-electron chi connectivity index (χ0n) is 16.7. The fourth-order valence-electron chi connectivity index (χ4n) is 3.62. The van der Waals surface area contributed by atoms with Gasteiger partial charge in [0.05, 0.1) is 18.1 Å². The maximum absolute atomic E-state index is 12.9. The molecule has 2 aliphatic rings. The zero-order valence-corrected chi connectivity index (χ0v) is 17.6. The molecular formula is C20H29N3O4S. The Morgan fingerprint density at radius 3 is 2.07 bits per heavy atom. The van der Waals surface area contributed by atoms with E-state index in [1.54, 1.807) is 26.0 Å². The summed E-state index contributed by atoms with van der Waals surface area (Å²) in [7, 11) is 0. The number of carbonyl (C=O) groups is 3. The quantitative estimate of drug-likeness (QED) is 0.708. The van der Waals surface area contributed by atoms with Crippen molar-refractivity contribution in [2.75, 3.05) is 52.5 Å². The molecule has 0 unspecified atom stereocenters. The Morgan fingerprint density at radius 2 is 1.50 bits per heavy atom. The van der Waals surface area contributed by atoms with Crippen molar-refractivity contribution in [3.8, 4) is 0 Å². The SMILES string of the molecule is CCCc1sc(C(=O)N2CCN(C(=O)C(=O)N3CCOCC3)CC2)cc1CC. The van der Waals surface area contributed by atoms with Gasteiger partial charge in [-0.1, -0.05) is 20.3 Å². The van der Waals surface area contributed by atoms with Crippen molar-refractivity contribution >= 4 is 29.1 Å². The third kappa shape index (κ3) is 4.55. The van der Waals surface area contributed by atoms with Crippen molar-refractivity contribution in [1.82, 2.24) is 14.7 Å². The monoisotopic (exact) mass is 407 g/mol. The number of ether oxygens (including phenoxy) is 1. The van der Waals surface area contributed by atoms with Crippen molar-refractivity contribution in [2.24, 2.45) is 0 Å². The van der Waals surface area contributed by atoms with Gasteiger partial charge in [-0.15, -0.1) is 11.3 Å². The lowest BCUT2D eigenvalue weighted by Crippen LogP contribution is -2.55. The van der Waals surface area contributed by atoms with Crippen molar-refractivity contribution in [3.63, 3.8) is 0 Å². The Hall–Kier alpha value is -1.93. The molecule has 3 rings (SSSR count). The van der Waals surface area contributed by atoms with E-state index < -0.39 is 11.8 Å². The molecule has 3 amide bonds. The molecule has 2 saturated heterocycles. The first kappa shape index (κ1) is 20.8. The molecule has 154 valence electrons. The van der Waals surface area contributed by atoms with Gasteiger partial charge in [-0.25, -0.2) is 0 Å². The standard InChI is InChI=1S/C20H29N3O4S/c1-3-5-16-15(4-2)14-17(28-16)18(24)21-6-8-22(9-7-21)19(25)20(26)23-10-12-27-13-11-23/h14H,3-13H2,1-2H3. The van der Waals surface area contributed by atoms with Gasteiger partial charge >= 0.3 is 11.8 Å². The number of nitrogens with zero attached hydrogens (tertiary/aromatic N) is 3. The second-order valence-electron chi connectivity index (χ2n) is 7.15. The summed E-state index contributed by atoms with van der Waals surface area (Å²) in [5, 5.41) is 0. The van der Waals surface area contributed by atoms with Gasteiger partial charge in [-0.05, 0) is 24.5 Å². The number of carbonyl (C=O) groups excluding carboxylic acids is 3. The highest BCUT2D eigenvalue weighted by molar-refractivity contribution is 7.14. The Labute approximate surface area is 170 Å². The van der Waals surface area contributed by atoms with Crippen LogP contribution in [0.3, 0.4) is 0 Å². The van der Waals surface area contributed by atoms with E-state index in [0.717, 1.165) is 24.1 Å². The van der Waals surface area contributed by atoms with Gasteiger partial charge < -0.3 is 19.4 Å². The molecule has 0 aromatic carbocycles. The second-order valence-corrected chi connectivity index (χ2v) is 8.29. The Morgan fingerprint density at radius 1 is 0.929 bits per heavy atom. The van der Waals surface area contributed by atoms with Crippen molar-refractivity contribution in [1.29, 1.82) is 0 Å². The summed E-state index contributed by atoms with van der Waals surface area (Å²) in [4.78, 5) is 44.8. The highest BCUT2D eigenvalue weighted by atomic mass is 32.1. The highest BCUT2D eigenvalue weighted by Crippen LogP contribution is 2.26. The zero-order chi connectivity index (χ0) is 20.1. The van der Waals surface area contributed by atoms with E-state index >= 15 is 0 Å². The fraction of sp³-hybridized carbons (Fsp3) is 0.650. The fourth-order valence-corrected chi connectivity index (χ4v) is 4.94. The molecule has 3 heterocycles. The van der Waals surface area contributed by atoms with Crippen LogP contribution < -0.4 is 0 Å². The van der Waals surface area contributed by atoms with Crippen LogP contribution in [0.5, 0.6) is 0 Å². The summed E-state index contributed by atoms with van der Waals surface area (Å²) in [6.45, 7) is 7.85. The second kappa shape index (κ2) is 9.52. The maximum atomic E-state index is 12.9. The van der Waals surface area contributed by atoms with E-state index in [1.165, 1.54) is 10.4 Å². The van der Waals surface area contributed by atoms with Gasteiger partial charge in [0.1, 0.15) is 0 Å². The molecule has 2 aliphatic heterocycles. The number of piperazine rings is 1. The molecule has 8 heteroatoms. The summed E-state index contributed by atoms with van der Waals surface area (Å²) < 4.78 is 5.23. The van der Waals surface area contributed by atoms with Crippen LogP contribution in [0.15, 0.2) is 6.07 Å². The lowest BCUT2D eigenvalue weighted by atomic mass is 10.1. The number of amides is 3. The normalized spacial score (nSPS) is 17.7. The largest absolute Gasteiger partial charge is 0.378 e. The van der Waals surface area contributed by atoms with Gasteiger partial charge in [0, 0.05) is 44.1 Å². The average molecular weight is 408 g/mol. The predicted octanol–water partition coefficient (Wildman–Crippen LogP) is 1.41. The van der Waals surface area contributed by atoms with Gasteiger partial charge in [0.2, 0.25) is 0 Å². The molecule has 0 spiro atoms. The molecule has 7 nitrogen and oxygen atoms in total. The summed E-state index contributed by atoms with van der Waals surface area (Å²) in [5.74, 6) is -0.893. The summed E-state index contributed by atoms with van der Waals surface area (Å²) >= 11 is 1.60. The number of rotatable bonds is 4. The van der Waals surface area contributed by atoms with Crippen LogP contribution in [-0.2, 0) is 27.2 Å². The third-order valence-electron chi connectivity index (χ3n) is 5.30. The minimum absolute atomic E-state index is 0.0358. The minimum atomic E-state index is -0.469. The Kier molecular flexibility index (Phi) is 7.07. The Balaban J connectivity index is 1.56. The molecule has 0 N–H and O–H groups in total. The highest BCUT2D eigenvalue weighted by Gasteiger charge is 2.32. The van der Waals surface area contributed by atoms with Crippen LogP contribution in [0.25, 0.3) is 0 Å². The molecule has 0 saturated carbocycles. The van der Waals surface area contributed by atoms with Gasteiger partial charge in [-0.2, -0.15) is 0 Å².